The number of likely N-dealkylation sites (tertiary alicyclic amines) is 1. The molecule has 1 aliphatic heterocycles. The third-order valence-electron chi connectivity index (χ3n) is 3.91. The van der Waals surface area contributed by atoms with Crippen molar-refractivity contribution < 1.29 is 0 Å². The zero-order valence-electron chi connectivity index (χ0n) is 9.33. The lowest BCUT2D eigenvalue weighted by Crippen LogP contribution is -2.52. The molecule has 1 saturated heterocycles. The van der Waals surface area contributed by atoms with Crippen LogP contribution < -0.4 is 5.73 Å². The number of rotatable bonds is 3. The summed E-state index contributed by atoms with van der Waals surface area (Å²) in [4.78, 5) is 2.61. The largest absolute Gasteiger partial charge is 0.326 e. The molecule has 0 aromatic rings. The Labute approximate surface area is 91.6 Å². The molecule has 2 atom stereocenters. The zero-order valence-corrected chi connectivity index (χ0v) is 10.1. The third-order valence-corrected chi connectivity index (χ3v) is 5.31. The van der Waals surface area contributed by atoms with Crippen LogP contribution >= 0.6 is 11.8 Å². The predicted octanol–water partition coefficient (Wildman–Crippen LogP) is 1.69. The summed E-state index contributed by atoms with van der Waals surface area (Å²) < 4.78 is 0.602. The van der Waals surface area contributed by atoms with Crippen LogP contribution in [0.1, 0.15) is 32.6 Å². The van der Waals surface area contributed by atoms with Gasteiger partial charge in [0, 0.05) is 23.4 Å². The highest BCUT2D eigenvalue weighted by Gasteiger charge is 2.44. The molecule has 1 saturated carbocycles. The van der Waals surface area contributed by atoms with Crippen molar-refractivity contribution in [3.05, 3.63) is 0 Å². The van der Waals surface area contributed by atoms with Crippen molar-refractivity contribution in [1.82, 2.24) is 4.90 Å². The summed E-state index contributed by atoms with van der Waals surface area (Å²) in [7, 11) is 0. The van der Waals surface area contributed by atoms with E-state index in [1.165, 1.54) is 38.8 Å². The number of nitrogens with two attached hydrogens (primary N) is 1. The third kappa shape index (κ3) is 2.10. The second-order valence-corrected chi connectivity index (χ2v) is 6.18. The Morgan fingerprint density at radius 1 is 1.50 bits per heavy atom. The van der Waals surface area contributed by atoms with Crippen LogP contribution in [-0.4, -0.2) is 41.1 Å². The molecule has 2 aliphatic rings. The maximum atomic E-state index is 6.10. The van der Waals surface area contributed by atoms with Crippen molar-refractivity contribution in [1.29, 1.82) is 0 Å². The molecule has 0 unspecified atom stereocenters. The van der Waals surface area contributed by atoms with Gasteiger partial charge in [0.05, 0.1) is 0 Å². The Balaban J connectivity index is 1.90. The summed E-state index contributed by atoms with van der Waals surface area (Å²) in [5.41, 5.74) is 6.10. The van der Waals surface area contributed by atoms with Gasteiger partial charge in [-0.1, -0.05) is 0 Å². The highest BCUT2D eigenvalue weighted by atomic mass is 32.2. The number of hydrogen-bond acceptors (Lipinski definition) is 3. The smallest absolute Gasteiger partial charge is 0.0285 e. The maximum absolute atomic E-state index is 6.10. The average Bonchev–Trinajstić information content (AvgIpc) is 2.94. The molecule has 2 nitrogen and oxygen atoms in total. The van der Waals surface area contributed by atoms with E-state index in [2.05, 4.69) is 29.8 Å². The van der Waals surface area contributed by atoms with Crippen LogP contribution in [0, 0.1) is 0 Å². The quantitative estimate of drug-likeness (QED) is 0.775. The van der Waals surface area contributed by atoms with E-state index in [4.69, 9.17) is 5.73 Å². The Kier molecular flexibility index (Phi) is 3.10. The number of hydrogen-bond donors (Lipinski definition) is 1. The molecule has 0 bridgehead atoms. The zero-order chi connectivity index (χ0) is 10.2. The second-order valence-electron chi connectivity index (χ2n) is 4.90. The van der Waals surface area contributed by atoms with Crippen LogP contribution in [0.3, 0.4) is 0 Å². The Morgan fingerprint density at radius 2 is 2.21 bits per heavy atom. The first-order valence-electron chi connectivity index (χ1n) is 5.72. The second kappa shape index (κ2) is 4.03. The van der Waals surface area contributed by atoms with Gasteiger partial charge in [-0.05, 0) is 45.4 Å². The van der Waals surface area contributed by atoms with Crippen LogP contribution in [0.15, 0.2) is 0 Å². The van der Waals surface area contributed by atoms with Gasteiger partial charge >= 0.3 is 0 Å². The summed E-state index contributed by atoms with van der Waals surface area (Å²) in [5.74, 6) is 0. The normalized spacial score (nSPS) is 37.1. The molecule has 82 valence electrons. The maximum Gasteiger partial charge on any atom is 0.0285 e. The molecule has 1 heterocycles. The van der Waals surface area contributed by atoms with E-state index in [1.807, 2.05) is 0 Å². The molecular formula is C11H22N2S. The molecule has 14 heavy (non-hydrogen) atoms. The topological polar surface area (TPSA) is 29.3 Å². The van der Waals surface area contributed by atoms with Crippen molar-refractivity contribution in [2.75, 3.05) is 19.3 Å². The highest BCUT2D eigenvalue weighted by Crippen LogP contribution is 2.48. The lowest BCUT2D eigenvalue weighted by Gasteiger charge is -2.39. The average molecular weight is 214 g/mol. The molecule has 0 aromatic carbocycles. The molecule has 0 aromatic heterocycles. The summed E-state index contributed by atoms with van der Waals surface area (Å²) in [6.45, 7) is 4.82. The van der Waals surface area contributed by atoms with Crippen LogP contribution in [-0.2, 0) is 0 Å². The first-order valence-corrected chi connectivity index (χ1v) is 6.94. The molecule has 2 N–H and O–H groups in total. The monoisotopic (exact) mass is 214 g/mol. The fraction of sp³-hybridized carbons (Fsp3) is 1.00. The fourth-order valence-electron chi connectivity index (χ4n) is 2.41. The van der Waals surface area contributed by atoms with Crippen LogP contribution in [0.5, 0.6) is 0 Å². The Hall–Kier alpha value is 0.270. The number of nitrogens with zero attached hydrogens (tertiary/aromatic N) is 1. The molecule has 0 spiro atoms. The highest BCUT2D eigenvalue weighted by molar-refractivity contribution is 8.00. The van der Waals surface area contributed by atoms with Gasteiger partial charge in [-0.15, -0.1) is 0 Å². The van der Waals surface area contributed by atoms with Gasteiger partial charge in [0.2, 0.25) is 0 Å². The van der Waals surface area contributed by atoms with E-state index >= 15 is 0 Å². The van der Waals surface area contributed by atoms with Gasteiger partial charge in [0.15, 0.2) is 0 Å². The van der Waals surface area contributed by atoms with E-state index in [9.17, 15) is 0 Å². The lowest BCUT2D eigenvalue weighted by molar-refractivity contribution is 0.139. The molecular weight excluding hydrogens is 192 g/mol. The van der Waals surface area contributed by atoms with E-state index in [1.54, 1.807) is 0 Å². The Morgan fingerprint density at radius 3 is 2.79 bits per heavy atom. The first kappa shape index (κ1) is 10.8. The van der Waals surface area contributed by atoms with Gasteiger partial charge in [-0.2, -0.15) is 11.8 Å². The van der Waals surface area contributed by atoms with Gasteiger partial charge in [0.1, 0.15) is 0 Å². The van der Waals surface area contributed by atoms with E-state index in [0.29, 0.717) is 16.8 Å². The van der Waals surface area contributed by atoms with Crippen molar-refractivity contribution in [3.8, 4) is 0 Å². The molecule has 2 fully saturated rings. The van der Waals surface area contributed by atoms with Crippen molar-refractivity contribution >= 4 is 11.8 Å². The standard InChI is InChI=1S/C11H22N2S/c1-9-10(12)4-3-7-13(9)8-11(14-2)5-6-11/h9-10H,3-8,12H2,1-2H3/t9-,10-/m1/s1. The van der Waals surface area contributed by atoms with Gasteiger partial charge in [-0.3, -0.25) is 4.90 Å². The summed E-state index contributed by atoms with van der Waals surface area (Å²) >= 11 is 2.05. The fourth-order valence-corrected chi connectivity index (χ4v) is 3.21. The minimum Gasteiger partial charge on any atom is -0.326 e. The van der Waals surface area contributed by atoms with Crippen molar-refractivity contribution in [2.45, 2.75) is 49.4 Å². The summed E-state index contributed by atoms with van der Waals surface area (Å²) in [6, 6.07) is 0.995. The summed E-state index contributed by atoms with van der Waals surface area (Å²) in [6.07, 6.45) is 7.57. The van der Waals surface area contributed by atoms with Crippen LogP contribution in [0.2, 0.25) is 0 Å². The summed E-state index contributed by atoms with van der Waals surface area (Å²) in [5, 5.41) is 0. The van der Waals surface area contributed by atoms with E-state index in [-0.39, 0.29) is 0 Å². The number of thioether (sulfide) groups is 1. The number of piperidine rings is 1. The van der Waals surface area contributed by atoms with E-state index < -0.39 is 0 Å². The molecule has 0 amide bonds. The Bertz CT molecular complexity index is 203. The SMILES string of the molecule is CSC1(CN2CCC[C@@H](N)[C@H]2C)CC1. The molecule has 1 aliphatic carbocycles. The van der Waals surface area contributed by atoms with Crippen molar-refractivity contribution in [2.24, 2.45) is 5.73 Å². The minimum atomic E-state index is 0.404. The molecule has 0 radical (unpaired) electrons. The predicted molar refractivity (Wildman–Crippen MR) is 63.7 cm³/mol. The minimum absolute atomic E-state index is 0.404. The molecule has 3 heteroatoms. The van der Waals surface area contributed by atoms with Crippen molar-refractivity contribution in [3.63, 3.8) is 0 Å². The first-order chi connectivity index (χ1) is 6.67. The van der Waals surface area contributed by atoms with Gasteiger partial charge in [-0.25, -0.2) is 0 Å². The van der Waals surface area contributed by atoms with Crippen LogP contribution in [0.25, 0.3) is 0 Å². The van der Waals surface area contributed by atoms with Gasteiger partial charge < -0.3 is 5.73 Å². The van der Waals surface area contributed by atoms with Crippen LogP contribution in [0.4, 0.5) is 0 Å². The molecule has 2 rings (SSSR count). The van der Waals surface area contributed by atoms with Gasteiger partial charge in [0.25, 0.3) is 0 Å². The lowest BCUT2D eigenvalue weighted by atomic mass is 9.98. The van der Waals surface area contributed by atoms with E-state index in [0.717, 1.165) is 0 Å².